The molecule has 0 aromatic heterocycles. The molecule has 1 aliphatic rings. The van der Waals surface area contributed by atoms with E-state index in [1.54, 1.807) is 0 Å². The minimum absolute atomic E-state index is 0.0443. The molecule has 0 bridgehead atoms. The fourth-order valence-corrected chi connectivity index (χ4v) is 3.26. The van der Waals surface area contributed by atoms with Crippen molar-refractivity contribution < 1.29 is 32.3 Å². The lowest BCUT2D eigenvalue weighted by Crippen LogP contribution is -2.35. The van der Waals surface area contributed by atoms with Gasteiger partial charge in [0.15, 0.2) is 0 Å². The number of esters is 2. The van der Waals surface area contributed by atoms with Gasteiger partial charge in [-0.25, -0.2) is 13.2 Å². The third-order valence-electron chi connectivity index (χ3n) is 3.40. The van der Waals surface area contributed by atoms with Crippen LogP contribution >= 0.6 is 0 Å². The van der Waals surface area contributed by atoms with Gasteiger partial charge in [-0.3, -0.25) is 9.59 Å². The zero-order valence-electron chi connectivity index (χ0n) is 13.7. The van der Waals surface area contributed by atoms with Crippen molar-refractivity contribution in [1.29, 1.82) is 0 Å². The van der Waals surface area contributed by atoms with Gasteiger partial charge < -0.3 is 14.8 Å². The molecule has 0 spiro atoms. The van der Waals surface area contributed by atoms with Crippen LogP contribution in [0.1, 0.15) is 13.3 Å². The van der Waals surface area contributed by atoms with Gasteiger partial charge in [-0.2, -0.15) is 4.31 Å². The monoisotopic (exact) mass is 370 g/mol. The summed E-state index contributed by atoms with van der Waals surface area (Å²) in [4.78, 5) is 34.0. The first-order chi connectivity index (χ1) is 11.7. The Balaban J connectivity index is 2.01. The van der Waals surface area contributed by atoms with Gasteiger partial charge in [0.25, 0.3) is 0 Å². The highest BCUT2D eigenvalue weighted by molar-refractivity contribution is 7.89. The highest BCUT2D eigenvalue weighted by Crippen LogP contribution is 2.18. The Kier molecular flexibility index (Phi) is 5.75. The first-order valence-corrected chi connectivity index (χ1v) is 8.84. The van der Waals surface area contributed by atoms with E-state index in [0.717, 1.165) is 4.31 Å². The van der Waals surface area contributed by atoms with Crippen molar-refractivity contribution >= 4 is 33.6 Å². The maximum absolute atomic E-state index is 12.4. The number of ether oxygens (including phenoxy) is 2. The Labute approximate surface area is 144 Å². The summed E-state index contributed by atoms with van der Waals surface area (Å²) < 4.78 is 35.3. The number of carbonyl (C=O) groups is 3. The predicted octanol–water partition coefficient (Wildman–Crippen LogP) is 0.124. The van der Waals surface area contributed by atoms with Crippen LogP contribution in [0, 0.1) is 0 Å². The van der Waals surface area contributed by atoms with E-state index in [2.05, 4.69) is 10.1 Å². The zero-order valence-corrected chi connectivity index (χ0v) is 14.5. The summed E-state index contributed by atoms with van der Waals surface area (Å²) >= 11 is 0. The topological polar surface area (TPSA) is 119 Å². The maximum atomic E-state index is 12.4. The number of hydrogen-bond donors (Lipinski definition) is 1. The molecule has 1 aromatic rings. The van der Waals surface area contributed by atoms with E-state index in [1.807, 2.05) is 0 Å². The number of benzene rings is 1. The molecule has 10 heteroatoms. The fraction of sp³-hybridized carbons (Fsp3) is 0.400. The molecule has 25 heavy (non-hydrogen) atoms. The number of amides is 1. The lowest BCUT2D eigenvalue weighted by atomic mass is 10.3. The van der Waals surface area contributed by atoms with Gasteiger partial charge in [0.2, 0.25) is 22.0 Å². The molecule has 0 unspecified atom stereocenters. The largest absolute Gasteiger partial charge is 0.463 e. The number of likely N-dealkylation sites (N-methyl/N-ethyl adjacent to an activating group) is 1. The molecule has 136 valence electrons. The second-order valence-corrected chi connectivity index (χ2v) is 7.45. The molecule has 1 saturated heterocycles. The quantitative estimate of drug-likeness (QED) is 0.707. The highest BCUT2D eigenvalue weighted by Gasteiger charge is 2.31. The van der Waals surface area contributed by atoms with Crippen LogP contribution in [0.5, 0.6) is 0 Å². The standard InChI is InChI=1S/C15H18N2O7S/c1-10(18)16-11-3-5-12(6-4-11)25(21,22)17(2)9-14(19)24-13-7-8-23-15(13)20/h3-6,13H,7-9H2,1-2H3,(H,16,18)/t13-/m1/s1. The Morgan fingerprint density at radius 1 is 1.32 bits per heavy atom. The third-order valence-corrected chi connectivity index (χ3v) is 5.21. The molecule has 0 saturated carbocycles. The Bertz CT molecular complexity index is 774. The molecule has 1 fully saturated rings. The summed E-state index contributed by atoms with van der Waals surface area (Å²) in [6.07, 6.45) is -0.730. The summed E-state index contributed by atoms with van der Waals surface area (Å²) in [5.74, 6) is -1.75. The van der Waals surface area contributed by atoms with Crippen LogP contribution < -0.4 is 5.32 Å². The molecule has 0 radical (unpaired) electrons. The van der Waals surface area contributed by atoms with Crippen LogP contribution in [0.4, 0.5) is 5.69 Å². The lowest BCUT2D eigenvalue weighted by Gasteiger charge is -2.17. The number of anilines is 1. The molecule has 9 nitrogen and oxygen atoms in total. The summed E-state index contributed by atoms with van der Waals surface area (Å²) in [5, 5.41) is 2.52. The summed E-state index contributed by atoms with van der Waals surface area (Å²) in [7, 11) is -2.70. The van der Waals surface area contributed by atoms with Crippen LogP contribution in [-0.2, 0) is 33.9 Å². The van der Waals surface area contributed by atoms with Crippen LogP contribution in [0.3, 0.4) is 0 Å². The number of nitrogens with zero attached hydrogens (tertiary/aromatic N) is 1. The Morgan fingerprint density at radius 3 is 2.48 bits per heavy atom. The Hall–Kier alpha value is -2.46. The Morgan fingerprint density at radius 2 is 1.96 bits per heavy atom. The predicted molar refractivity (Wildman–Crippen MR) is 86.0 cm³/mol. The second kappa shape index (κ2) is 7.62. The minimum Gasteiger partial charge on any atom is -0.463 e. The van der Waals surface area contributed by atoms with Crippen molar-refractivity contribution in [3.8, 4) is 0 Å². The van der Waals surface area contributed by atoms with E-state index in [-0.39, 0.29) is 23.8 Å². The van der Waals surface area contributed by atoms with Crippen LogP contribution in [-0.4, -0.2) is 56.9 Å². The van der Waals surface area contributed by atoms with Crippen molar-refractivity contribution in [3.63, 3.8) is 0 Å². The van der Waals surface area contributed by atoms with Crippen LogP contribution in [0.2, 0.25) is 0 Å². The van der Waals surface area contributed by atoms with Crippen LogP contribution in [0.15, 0.2) is 29.2 Å². The molecule has 1 aliphatic heterocycles. The average molecular weight is 370 g/mol. The lowest BCUT2D eigenvalue weighted by molar-refractivity contribution is -0.160. The van der Waals surface area contributed by atoms with Gasteiger partial charge in [0.1, 0.15) is 6.54 Å². The van der Waals surface area contributed by atoms with Crippen molar-refractivity contribution in [2.75, 3.05) is 25.5 Å². The molecule has 1 amide bonds. The number of sulfonamides is 1. The molecular formula is C15H18N2O7S. The molecule has 1 atom stereocenters. The van der Waals surface area contributed by atoms with Crippen LogP contribution in [0.25, 0.3) is 0 Å². The number of cyclic esters (lactones) is 1. The SMILES string of the molecule is CC(=O)Nc1ccc(S(=O)(=O)N(C)CC(=O)O[C@@H]2CCOC2=O)cc1. The van der Waals surface area contributed by atoms with Gasteiger partial charge in [-0.05, 0) is 24.3 Å². The van der Waals surface area contributed by atoms with Crippen molar-refractivity contribution in [2.45, 2.75) is 24.3 Å². The maximum Gasteiger partial charge on any atom is 0.347 e. The summed E-state index contributed by atoms with van der Waals surface area (Å²) in [5.41, 5.74) is 0.452. The van der Waals surface area contributed by atoms with Crippen molar-refractivity contribution in [2.24, 2.45) is 0 Å². The van der Waals surface area contributed by atoms with Gasteiger partial charge in [0, 0.05) is 26.1 Å². The van der Waals surface area contributed by atoms with E-state index in [0.29, 0.717) is 5.69 Å². The molecule has 0 aliphatic carbocycles. The normalized spacial score (nSPS) is 17.2. The zero-order chi connectivity index (χ0) is 18.6. The van der Waals surface area contributed by atoms with Gasteiger partial charge in [-0.15, -0.1) is 0 Å². The minimum atomic E-state index is -3.92. The number of nitrogens with one attached hydrogen (secondary N) is 1. The molecule has 1 aromatic carbocycles. The van der Waals surface area contributed by atoms with Gasteiger partial charge >= 0.3 is 11.9 Å². The number of carbonyl (C=O) groups excluding carboxylic acids is 3. The second-order valence-electron chi connectivity index (χ2n) is 5.40. The average Bonchev–Trinajstić information content (AvgIpc) is 2.92. The summed E-state index contributed by atoms with van der Waals surface area (Å²) in [6.45, 7) is 0.968. The molecule has 2 rings (SSSR count). The van der Waals surface area contributed by atoms with Gasteiger partial charge in [-0.1, -0.05) is 0 Å². The molecule has 1 heterocycles. The highest BCUT2D eigenvalue weighted by atomic mass is 32.2. The van der Waals surface area contributed by atoms with E-state index >= 15 is 0 Å². The van der Waals surface area contributed by atoms with Gasteiger partial charge in [0.05, 0.1) is 11.5 Å². The smallest absolute Gasteiger partial charge is 0.347 e. The van der Waals surface area contributed by atoms with E-state index in [4.69, 9.17) is 4.74 Å². The first kappa shape index (κ1) is 18.9. The molecule has 1 N–H and O–H groups in total. The number of hydrogen-bond acceptors (Lipinski definition) is 7. The van der Waals surface area contributed by atoms with E-state index in [1.165, 1.54) is 38.2 Å². The van der Waals surface area contributed by atoms with E-state index in [9.17, 15) is 22.8 Å². The third kappa shape index (κ3) is 4.77. The van der Waals surface area contributed by atoms with Crippen molar-refractivity contribution in [1.82, 2.24) is 4.31 Å². The van der Waals surface area contributed by atoms with Crippen molar-refractivity contribution in [3.05, 3.63) is 24.3 Å². The number of rotatable bonds is 6. The first-order valence-electron chi connectivity index (χ1n) is 7.40. The fourth-order valence-electron chi connectivity index (χ4n) is 2.14. The molecular weight excluding hydrogens is 352 g/mol. The summed E-state index contributed by atoms with van der Waals surface area (Å²) in [6, 6.07) is 5.51. The van der Waals surface area contributed by atoms with E-state index < -0.39 is 34.6 Å².